The third-order valence-corrected chi connectivity index (χ3v) is 10.4. The minimum Gasteiger partial charge on any atom is -0.488 e. The van der Waals surface area contributed by atoms with Gasteiger partial charge in [0.15, 0.2) is 17.4 Å². The van der Waals surface area contributed by atoms with Gasteiger partial charge in [0.25, 0.3) is 5.91 Å². The van der Waals surface area contributed by atoms with Crippen LogP contribution in [0.4, 0.5) is 13.2 Å². The van der Waals surface area contributed by atoms with Gasteiger partial charge in [-0.2, -0.15) is 4.39 Å². The van der Waals surface area contributed by atoms with E-state index in [0.29, 0.717) is 57.4 Å². The van der Waals surface area contributed by atoms with E-state index < -0.39 is 35.3 Å². The van der Waals surface area contributed by atoms with Gasteiger partial charge in [-0.3, -0.25) is 9.59 Å². The summed E-state index contributed by atoms with van der Waals surface area (Å²) in [6.45, 7) is 3.86. The lowest BCUT2D eigenvalue weighted by Gasteiger charge is -2.45. The highest BCUT2D eigenvalue weighted by atomic mass is 19.2. The first-order valence-electron chi connectivity index (χ1n) is 17.6. The number of hydrogen-bond donors (Lipinski definition) is 3. The molecule has 8 nitrogen and oxygen atoms in total. The number of carbonyl (C=O) groups excluding carboxylic acids is 2. The Bertz CT molecular complexity index is 1780. The smallest absolute Gasteiger partial charge is 0.252 e. The predicted molar refractivity (Wildman–Crippen MR) is 183 cm³/mol. The van der Waals surface area contributed by atoms with Gasteiger partial charge in [0.05, 0.1) is 24.8 Å². The molecule has 3 N–H and O–H groups in total. The average Bonchev–Trinajstić information content (AvgIpc) is 3.87. The molecule has 1 saturated carbocycles. The van der Waals surface area contributed by atoms with Gasteiger partial charge in [-0.15, -0.1) is 0 Å². The molecule has 3 fully saturated rings. The number of piperazine rings is 1. The number of benzene rings is 3. The molecule has 0 radical (unpaired) electrons. The summed E-state index contributed by atoms with van der Waals surface area (Å²) in [6, 6.07) is 17.1. The zero-order valence-corrected chi connectivity index (χ0v) is 28.1. The Morgan fingerprint density at radius 2 is 1.76 bits per heavy atom. The fraction of sp³-hybridized carbons (Fsp3) is 0.436. The van der Waals surface area contributed by atoms with Crippen LogP contribution in [0.25, 0.3) is 5.57 Å². The number of aliphatic hydroxyl groups excluding tert-OH is 1. The summed E-state index contributed by atoms with van der Waals surface area (Å²) in [5.41, 5.74) is 5.85. The van der Waals surface area contributed by atoms with Gasteiger partial charge >= 0.3 is 0 Å². The maximum atomic E-state index is 14.8. The number of rotatable bonds is 11. The SMILES string of the molecule is Cc1ccccc1CN(C(=O)C1=C(c2ccc(CCCOc3c(F)ccc(F)c3F)cc2)C[C@H]2CN(C(=O)C3C[C@@H](O)CN3)C[C@H]1N2)C1CC1. The van der Waals surface area contributed by atoms with Gasteiger partial charge in [-0.05, 0) is 85.4 Å². The van der Waals surface area contributed by atoms with E-state index in [9.17, 15) is 27.9 Å². The summed E-state index contributed by atoms with van der Waals surface area (Å²) < 4.78 is 46.7. The van der Waals surface area contributed by atoms with Gasteiger partial charge in [0.2, 0.25) is 11.7 Å². The van der Waals surface area contributed by atoms with Crippen molar-refractivity contribution in [1.29, 1.82) is 0 Å². The summed E-state index contributed by atoms with van der Waals surface area (Å²) in [5.74, 6) is -4.20. The fourth-order valence-corrected chi connectivity index (χ4v) is 7.52. The highest BCUT2D eigenvalue weighted by Gasteiger charge is 2.44. The summed E-state index contributed by atoms with van der Waals surface area (Å²) in [5, 5.41) is 16.9. The second kappa shape index (κ2) is 14.6. The Labute approximate surface area is 290 Å². The van der Waals surface area contributed by atoms with Crippen LogP contribution in [0.15, 0.2) is 66.2 Å². The number of amides is 2. The Kier molecular flexibility index (Phi) is 9.99. The quantitative estimate of drug-likeness (QED) is 0.201. The number of nitrogens with zero attached hydrogens (tertiary/aromatic N) is 2. The number of β-amino-alcohol motifs (C(OH)–C–C–N with tert-alkyl or cyclic N) is 1. The van der Waals surface area contributed by atoms with Gasteiger partial charge in [-0.25, -0.2) is 8.78 Å². The van der Waals surface area contributed by atoms with E-state index in [1.807, 2.05) is 46.2 Å². The summed E-state index contributed by atoms with van der Waals surface area (Å²) in [4.78, 5) is 32.2. The van der Waals surface area contributed by atoms with Crippen molar-refractivity contribution in [2.24, 2.45) is 0 Å². The number of halogens is 3. The molecule has 7 rings (SSSR count). The summed E-state index contributed by atoms with van der Waals surface area (Å²) in [7, 11) is 0. The Morgan fingerprint density at radius 1 is 1.00 bits per heavy atom. The molecule has 1 aliphatic carbocycles. The van der Waals surface area contributed by atoms with Gasteiger partial charge in [0.1, 0.15) is 0 Å². The van der Waals surface area contributed by atoms with E-state index in [4.69, 9.17) is 4.74 Å². The minimum absolute atomic E-state index is 0.0107. The zero-order valence-electron chi connectivity index (χ0n) is 28.1. The van der Waals surface area contributed by atoms with Gasteiger partial charge in [0, 0.05) is 43.8 Å². The van der Waals surface area contributed by atoms with Crippen LogP contribution in [0.1, 0.15) is 54.4 Å². The van der Waals surface area contributed by atoms with E-state index in [1.54, 1.807) is 0 Å². The van der Waals surface area contributed by atoms with Crippen LogP contribution in [0.5, 0.6) is 5.75 Å². The topological polar surface area (TPSA) is 94.1 Å². The molecule has 3 aliphatic heterocycles. The van der Waals surface area contributed by atoms with E-state index in [1.165, 1.54) is 0 Å². The Balaban J connectivity index is 1.13. The zero-order chi connectivity index (χ0) is 34.9. The molecule has 3 aromatic carbocycles. The molecule has 50 heavy (non-hydrogen) atoms. The number of hydrogen-bond acceptors (Lipinski definition) is 6. The second-order valence-corrected chi connectivity index (χ2v) is 14.0. The van der Waals surface area contributed by atoms with E-state index in [2.05, 4.69) is 29.7 Å². The normalized spacial score (nSPS) is 23.3. The van der Waals surface area contributed by atoms with Gasteiger partial charge in [-0.1, -0.05) is 48.5 Å². The maximum absolute atomic E-state index is 14.8. The highest BCUT2D eigenvalue weighted by molar-refractivity contribution is 6.03. The molecule has 3 heterocycles. The fourth-order valence-electron chi connectivity index (χ4n) is 7.52. The molecule has 1 unspecified atom stereocenters. The number of nitrogens with one attached hydrogen (secondary N) is 2. The molecule has 2 amide bonds. The minimum atomic E-state index is -1.33. The van der Waals surface area contributed by atoms with Crippen molar-refractivity contribution in [3.63, 3.8) is 0 Å². The molecule has 4 atom stereocenters. The van der Waals surface area contributed by atoms with Crippen molar-refractivity contribution in [2.45, 2.75) is 82.3 Å². The standard InChI is InChI=1S/C39H43F3N4O4/c1-23-5-2-3-7-26(23)20-46(28-12-13-28)39(49)35-30(17-27-21-45(22-34(35)44-27)38(48)33-18-29(47)19-43-33)25-10-8-24(9-11-25)6-4-16-50-37-32(41)15-14-31(40)36(37)42/h2-3,5,7-11,14-15,27-29,33-34,43-44,47H,4,6,12-13,16-22H2,1H3/t27-,29+,33?,34+/m0/s1. The summed E-state index contributed by atoms with van der Waals surface area (Å²) >= 11 is 0. The average molecular weight is 689 g/mol. The van der Waals surface area contributed by atoms with Crippen molar-refractivity contribution in [1.82, 2.24) is 20.4 Å². The van der Waals surface area contributed by atoms with Crippen LogP contribution in [0, 0.1) is 24.4 Å². The number of fused-ring (bicyclic) bond motifs is 2. The Hall–Kier alpha value is -4.19. The molecule has 4 aliphatic rings. The van der Waals surface area contributed by atoms with E-state index >= 15 is 0 Å². The number of carbonyl (C=O) groups is 2. The van der Waals surface area contributed by atoms with Crippen LogP contribution in [-0.4, -0.2) is 83.2 Å². The lowest BCUT2D eigenvalue weighted by atomic mass is 9.82. The number of ether oxygens (including phenoxy) is 1. The van der Waals surface area contributed by atoms with Crippen LogP contribution >= 0.6 is 0 Å². The van der Waals surface area contributed by atoms with Crippen molar-refractivity contribution in [2.75, 3.05) is 26.2 Å². The van der Waals surface area contributed by atoms with Crippen LogP contribution in [0.2, 0.25) is 0 Å². The first-order valence-corrected chi connectivity index (χ1v) is 17.6. The molecule has 264 valence electrons. The first-order chi connectivity index (χ1) is 24.2. The molecule has 2 saturated heterocycles. The lowest BCUT2D eigenvalue weighted by Crippen LogP contribution is -2.63. The molecule has 0 aromatic heterocycles. The van der Waals surface area contributed by atoms with Crippen LogP contribution < -0.4 is 15.4 Å². The van der Waals surface area contributed by atoms with E-state index in [-0.39, 0.29) is 36.5 Å². The molecule has 2 bridgehead atoms. The Morgan fingerprint density at radius 3 is 2.48 bits per heavy atom. The maximum Gasteiger partial charge on any atom is 0.252 e. The molecular formula is C39H43F3N4O4. The van der Waals surface area contributed by atoms with Crippen molar-refractivity contribution in [3.8, 4) is 5.75 Å². The van der Waals surface area contributed by atoms with Crippen molar-refractivity contribution < 1.29 is 32.6 Å². The molecule has 3 aromatic rings. The van der Waals surface area contributed by atoms with Crippen LogP contribution in [0.3, 0.4) is 0 Å². The van der Waals surface area contributed by atoms with Crippen LogP contribution in [-0.2, 0) is 22.6 Å². The van der Waals surface area contributed by atoms with Crippen molar-refractivity contribution in [3.05, 3.63) is 106 Å². The third kappa shape index (κ3) is 7.31. The third-order valence-electron chi connectivity index (χ3n) is 10.4. The predicted octanol–water partition coefficient (Wildman–Crippen LogP) is 4.66. The first kappa shape index (κ1) is 34.3. The highest BCUT2D eigenvalue weighted by Crippen LogP contribution is 2.38. The molecular weight excluding hydrogens is 645 g/mol. The molecule has 11 heteroatoms. The van der Waals surface area contributed by atoms with E-state index in [0.717, 1.165) is 52.8 Å². The number of aryl methyl sites for hydroxylation is 2. The molecule has 0 spiro atoms. The number of aliphatic hydroxyl groups is 1. The largest absolute Gasteiger partial charge is 0.488 e. The monoisotopic (exact) mass is 688 g/mol. The lowest BCUT2D eigenvalue weighted by molar-refractivity contribution is -0.136. The second-order valence-electron chi connectivity index (χ2n) is 14.0. The van der Waals surface area contributed by atoms with Gasteiger partial charge < -0.3 is 30.3 Å². The summed E-state index contributed by atoms with van der Waals surface area (Å²) in [6.07, 6.45) is 3.36. The van der Waals surface area contributed by atoms with Crippen molar-refractivity contribution >= 4 is 17.4 Å².